The Morgan fingerprint density at radius 2 is 1.68 bits per heavy atom. The molecule has 1 aromatic heterocycles. The molecule has 0 saturated heterocycles. The van der Waals surface area contributed by atoms with E-state index in [2.05, 4.69) is 36.5 Å². The summed E-state index contributed by atoms with van der Waals surface area (Å²) in [5.41, 5.74) is 3.62. The number of halogens is 1. The fourth-order valence-corrected chi connectivity index (χ4v) is 2.86. The first-order valence-electron chi connectivity index (χ1n) is 7.76. The third-order valence-electron chi connectivity index (χ3n) is 3.48. The van der Waals surface area contributed by atoms with E-state index >= 15 is 0 Å². The van der Waals surface area contributed by atoms with E-state index in [9.17, 15) is 4.79 Å². The number of anilines is 3. The Balaban J connectivity index is 1.86. The molecule has 25 heavy (non-hydrogen) atoms. The fourth-order valence-electron chi connectivity index (χ4n) is 2.46. The Bertz CT molecular complexity index is 907. The molecule has 0 aliphatic carbocycles. The van der Waals surface area contributed by atoms with Crippen molar-refractivity contribution in [2.24, 2.45) is 0 Å². The van der Waals surface area contributed by atoms with E-state index in [0.29, 0.717) is 17.2 Å². The van der Waals surface area contributed by atoms with Crippen LogP contribution in [0.15, 0.2) is 59.1 Å². The number of hydrogen-bond donors (Lipinski definition) is 2. The normalized spacial score (nSPS) is 10.4. The highest BCUT2D eigenvalue weighted by Crippen LogP contribution is 2.22. The number of carbonyl (C=O) groups excluding carboxylic acids is 1. The lowest BCUT2D eigenvalue weighted by Crippen LogP contribution is -2.14. The van der Waals surface area contributed by atoms with Crippen molar-refractivity contribution < 1.29 is 4.79 Å². The number of aryl methyl sites for hydroxylation is 2. The summed E-state index contributed by atoms with van der Waals surface area (Å²) < 4.78 is 0.903. The molecule has 0 fully saturated rings. The Morgan fingerprint density at radius 3 is 2.40 bits per heavy atom. The number of para-hydroxylation sites is 1. The Morgan fingerprint density at radius 1 is 0.960 bits per heavy atom. The lowest BCUT2D eigenvalue weighted by molar-refractivity contribution is 0.102. The molecule has 2 aromatic carbocycles. The number of benzene rings is 2. The molecule has 3 aromatic rings. The van der Waals surface area contributed by atoms with Crippen LogP contribution in [0.25, 0.3) is 0 Å². The summed E-state index contributed by atoms with van der Waals surface area (Å²) in [6, 6.07) is 16.6. The summed E-state index contributed by atoms with van der Waals surface area (Å²) in [6.07, 6.45) is 0. The molecule has 0 bridgehead atoms. The van der Waals surface area contributed by atoms with Crippen molar-refractivity contribution >= 4 is 39.2 Å². The third kappa shape index (κ3) is 4.42. The molecule has 1 heterocycles. The van der Waals surface area contributed by atoms with Crippen LogP contribution in [0.2, 0.25) is 0 Å². The van der Waals surface area contributed by atoms with Crippen LogP contribution in [-0.4, -0.2) is 15.9 Å². The van der Waals surface area contributed by atoms with Crippen molar-refractivity contribution in [3.63, 3.8) is 0 Å². The van der Waals surface area contributed by atoms with Crippen LogP contribution in [0, 0.1) is 13.8 Å². The molecule has 5 nitrogen and oxygen atoms in total. The quantitative estimate of drug-likeness (QED) is 0.661. The lowest BCUT2D eigenvalue weighted by atomic mass is 10.1. The van der Waals surface area contributed by atoms with Crippen molar-refractivity contribution in [1.29, 1.82) is 0 Å². The molecule has 0 unspecified atom stereocenters. The monoisotopic (exact) mass is 396 g/mol. The van der Waals surface area contributed by atoms with Gasteiger partial charge in [-0.2, -0.15) is 0 Å². The molecule has 0 spiro atoms. The molecule has 1 amide bonds. The topological polar surface area (TPSA) is 66.9 Å². The number of nitrogens with one attached hydrogen (secondary N) is 2. The highest BCUT2D eigenvalue weighted by Gasteiger charge is 2.12. The van der Waals surface area contributed by atoms with E-state index in [1.54, 1.807) is 6.07 Å². The maximum absolute atomic E-state index is 12.7. The molecule has 2 N–H and O–H groups in total. The number of hydrogen-bond acceptors (Lipinski definition) is 4. The zero-order valence-electron chi connectivity index (χ0n) is 13.9. The van der Waals surface area contributed by atoms with Gasteiger partial charge in [0.25, 0.3) is 5.91 Å². The van der Waals surface area contributed by atoms with Gasteiger partial charge in [0, 0.05) is 21.5 Å². The molecule has 126 valence electrons. The molecule has 3 rings (SSSR count). The summed E-state index contributed by atoms with van der Waals surface area (Å²) >= 11 is 3.40. The summed E-state index contributed by atoms with van der Waals surface area (Å²) in [6.45, 7) is 3.82. The van der Waals surface area contributed by atoms with Crippen molar-refractivity contribution in [2.75, 3.05) is 10.6 Å². The van der Waals surface area contributed by atoms with Gasteiger partial charge < -0.3 is 10.6 Å². The molecular weight excluding hydrogens is 380 g/mol. The number of nitrogens with zero attached hydrogens (tertiary/aromatic N) is 2. The van der Waals surface area contributed by atoms with Crippen LogP contribution in [-0.2, 0) is 0 Å². The first-order valence-corrected chi connectivity index (χ1v) is 8.56. The minimum absolute atomic E-state index is 0.203. The average Bonchev–Trinajstić information content (AvgIpc) is 2.54. The highest BCUT2D eigenvalue weighted by molar-refractivity contribution is 9.10. The molecule has 0 aliphatic heterocycles. The molecule has 0 saturated carbocycles. The van der Waals surface area contributed by atoms with E-state index in [4.69, 9.17) is 0 Å². The van der Waals surface area contributed by atoms with Gasteiger partial charge in [-0.1, -0.05) is 34.1 Å². The van der Waals surface area contributed by atoms with E-state index in [0.717, 1.165) is 21.5 Å². The highest BCUT2D eigenvalue weighted by atomic mass is 79.9. The molecule has 6 heteroatoms. The Hall–Kier alpha value is -2.73. The molecule has 0 atom stereocenters. The van der Waals surface area contributed by atoms with Crippen molar-refractivity contribution in [3.8, 4) is 0 Å². The van der Waals surface area contributed by atoms with E-state index in [1.165, 1.54) is 0 Å². The van der Waals surface area contributed by atoms with Crippen LogP contribution < -0.4 is 10.6 Å². The van der Waals surface area contributed by atoms with Gasteiger partial charge >= 0.3 is 0 Å². The minimum Gasteiger partial charge on any atom is -0.323 e. The van der Waals surface area contributed by atoms with Crippen molar-refractivity contribution in [1.82, 2.24) is 9.97 Å². The van der Waals surface area contributed by atoms with Gasteiger partial charge in [-0.05, 0) is 50.2 Å². The van der Waals surface area contributed by atoms with Crippen molar-refractivity contribution in [2.45, 2.75) is 13.8 Å². The minimum atomic E-state index is -0.203. The molecular formula is C19H17BrN4O. The first kappa shape index (κ1) is 17.1. The van der Waals surface area contributed by atoms with E-state index < -0.39 is 0 Å². The smallest absolute Gasteiger partial charge is 0.257 e. The van der Waals surface area contributed by atoms with Crippen LogP contribution in [0.5, 0.6) is 0 Å². The summed E-state index contributed by atoms with van der Waals surface area (Å²) in [7, 11) is 0. The second-order valence-electron chi connectivity index (χ2n) is 5.61. The van der Waals surface area contributed by atoms with Crippen LogP contribution in [0.4, 0.5) is 17.3 Å². The van der Waals surface area contributed by atoms with E-state index in [-0.39, 0.29) is 5.91 Å². The van der Waals surface area contributed by atoms with Gasteiger partial charge in [0.15, 0.2) is 0 Å². The average molecular weight is 397 g/mol. The third-order valence-corrected chi connectivity index (χ3v) is 3.98. The molecule has 0 radical (unpaired) electrons. The van der Waals surface area contributed by atoms with E-state index in [1.807, 2.05) is 62.4 Å². The van der Waals surface area contributed by atoms with Crippen LogP contribution in [0.3, 0.4) is 0 Å². The number of rotatable bonds is 4. The van der Waals surface area contributed by atoms with Gasteiger partial charge in [0.2, 0.25) is 5.95 Å². The largest absolute Gasteiger partial charge is 0.323 e. The zero-order chi connectivity index (χ0) is 17.8. The Labute approximate surface area is 154 Å². The molecule has 0 aliphatic rings. The standard InChI is InChI=1S/C19H17BrN4O/c1-12-10-13(2)22-19(21-12)24-17-9-4-3-8-16(17)18(25)23-15-7-5-6-14(20)11-15/h3-11H,1-2H3,(H,23,25)(H,21,22,24). The van der Waals surface area contributed by atoms with Gasteiger partial charge in [0.1, 0.15) is 0 Å². The maximum atomic E-state index is 12.7. The van der Waals surface area contributed by atoms with Crippen LogP contribution >= 0.6 is 15.9 Å². The van der Waals surface area contributed by atoms with Gasteiger partial charge in [0.05, 0.1) is 11.3 Å². The number of amides is 1. The second kappa shape index (κ2) is 7.44. The maximum Gasteiger partial charge on any atom is 0.257 e. The zero-order valence-corrected chi connectivity index (χ0v) is 15.5. The van der Waals surface area contributed by atoms with Gasteiger partial charge in [-0.25, -0.2) is 9.97 Å². The second-order valence-corrected chi connectivity index (χ2v) is 6.53. The van der Waals surface area contributed by atoms with Crippen molar-refractivity contribution in [3.05, 3.63) is 76.0 Å². The summed E-state index contributed by atoms with van der Waals surface area (Å²) in [4.78, 5) is 21.4. The number of carbonyl (C=O) groups is 1. The SMILES string of the molecule is Cc1cc(C)nc(Nc2ccccc2C(=O)Nc2cccc(Br)c2)n1. The fraction of sp³-hybridized carbons (Fsp3) is 0.105. The van der Waals surface area contributed by atoms with Gasteiger partial charge in [-0.15, -0.1) is 0 Å². The predicted molar refractivity (Wildman–Crippen MR) is 103 cm³/mol. The predicted octanol–water partition coefficient (Wildman–Crippen LogP) is 4.85. The van der Waals surface area contributed by atoms with Gasteiger partial charge in [-0.3, -0.25) is 4.79 Å². The summed E-state index contributed by atoms with van der Waals surface area (Å²) in [5, 5.41) is 6.04. The lowest BCUT2D eigenvalue weighted by Gasteiger charge is -2.12. The number of aromatic nitrogens is 2. The summed E-state index contributed by atoms with van der Waals surface area (Å²) in [5.74, 6) is 0.269. The first-order chi connectivity index (χ1) is 12.0. The Kier molecular flexibility index (Phi) is 5.09. The van der Waals surface area contributed by atoms with Crippen LogP contribution in [0.1, 0.15) is 21.7 Å².